The Kier molecular flexibility index (Phi) is 5.47. The van der Waals surface area contributed by atoms with Crippen molar-refractivity contribution in [3.8, 4) is 0 Å². The third-order valence-electron chi connectivity index (χ3n) is 1.66. The van der Waals surface area contributed by atoms with Crippen molar-refractivity contribution in [3.63, 3.8) is 0 Å². The molecule has 0 aromatic carbocycles. The predicted molar refractivity (Wildman–Crippen MR) is 50.2 cm³/mol. The molecule has 0 fully saturated rings. The van der Waals surface area contributed by atoms with E-state index in [2.05, 4.69) is 0 Å². The fourth-order valence-electron chi connectivity index (χ4n) is 0.906. The Labute approximate surface area is 73.7 Å². The van der Waals surface area contributed by atoms with Gasteiger partial charge in [0.15, 0.2) is 0 Å². The van der Waals surface area contributed by atoms with Gasteiger partial charge in [-0.15, -0.1) is 0 Å². The van der Waals surface area contributed by atoms with Gasteiger partial charge in [-0.3, -0.25) is 4.57 Å². The van der Waals surface area contributed by atoms with Gasteiger partial charge in [0.05, 0.1) is 5.66 Å². The fraction of sp³-hybridized carbons (Fsp3) is 0.750. The molecule has 0 amide bonds. The summed E-state index contributed by atoms with van der Waals surface area (Å²) in [5.74, 6) is 0. The standard InChI is InChI=1S/C8H17O3P/c1-3-5-6-7-8(4-2)12(9,10)11/h6-8H,3-5H2,1-2H3,(H2,9,10,11). The maximum absolute atomic E-state index is 10.8. The Hall–Kier alpha value is -0.110. The summed E-state index contributed by atoms with van der Waals surface area (Å²) in [7, 11) is -3.90. The molecule has 0 saturated carbocycles. The molecule has 0 bridgehead atoms. The van der Waals surface area contributed by atoms with E-state index in [1.807, 2.05) is 13.0 Å². The Morgan fingerprint density at radius 2 is 2.00 bits per heavy atom. The zero-order valence-electron chi connectivity index (χ0n) is 7.60. The lowest BCUT2D eigenvalue weighted by Gasteiger charge is -2.11. The van der Waals surface area contributed by atoms with Gasteiger partial charge in [-0.25, -0.2) is 0 Å². The van der Waals surface area contributed by atoms with Crippen LogP contribution in [0.4, 0.5) is 0 Å². The lowest BCUT2D eigenvalue weighted by molar-refractivity contribution is 0.363. The first-order valence-corrected chi connectivity index (χ1v) is 5.92. The molecule has 0 aromatic heterocycles. The van der Waals surface area contributed by atoms with E-state index in [0.29, 0.717) is 6.42 Å². The highest BCUT2D eigenvalue weighted by Crippen LogP contribution is 2.43. The second-order valence-corrected chi connectivity index (χ2v) is 4.62. The highest BCUT2D eigenvalue weighted by atomic mass is 31.2. The second kappa shape index (κ2) is 5.52. The van der Waals surface area contributed by atoms with Crippen LogP contribution in [0.15, 0.2) is 12.2 Å². The van der Waals surface area contributed by atoms with Gasteiger partial charge in [0.1, 0.15) is 0 Å². The normalized spacial score (nSPS) is 15.3. The number of hydrogen-bond donors (Lipinski definition) is 2. The fourth-order valence-corrected chi connectivity index (χ4v) is 1.73. The number of unbranched alkanes of at least 4 members (excludes halogenated alkanes) is 1. The van der Waals surface area contributed by atoms with Crippen molar-refractivity contribution >= 4 is 7.60 Å². The molecule has 0 aliphatic heterocycles. The van der Waals surface area contributed by atoms with E-state index >= 15 is 0 Å². The summed E-state index contributed by atoms with van der Waals surface area (Å²) < 4.78 is 10.8. The van der Waals surface area contributed by atoms with Gasteiger partial charge < -0.3 is 9.79 Å². The molecule has 72 valence electrons. The van der Waals surface area contributed by atoms with E-state index in [4.69, 9.17) is 9.79 Å². The molecule has 0 aliphatic carbocycles. The first-order chi connectivity index (χ1) is 5.52. The van der Waals surface area contributed by atoms with E-state index in [9.17, 15) is 4.57 Å². The van der Waals surface area contributed by atoms with E-state index in [1.54, 1.807) is 13.0 Å². The third-order valence-corrected chi connectivity index (χ3v) is 3.07. The van der Waals surface area contributed by atoms with Crippen molar-refractivity contribution < 1.29 is 14.4 Å². The maximum atomic E-state index is 10.8. The summed E-state index contributed by atoms with van der Waals surface area (Å²) in [6, 6.07) is 0. The van der Waals surface area contributed by atoms with Crippen LogP contribution in [0.5, 0.6) is 0 Å². The molecule has 0 spiro atoms. The average molecular weight is 192 g/mol. The molecule has 1 unspecified atom stereocenters. The zero-order chi connectivity index (χ0) is 9.61. The summed E-state index contributed by atoms with van der Waals surface area (Å²) in [5, 5.41) is 0. The van der Waals surface area contributed by atoms with E-state index in [1.165, 1.54) is 0 Å². The molecule has 0 rings (SSSR count). The molecule has 0 saturated heterocycles. The van der Waals surface area contributed by atoms with Crippen molar-refractivity contribution in [1.82, 2.24) is 0 Å². The first kappa shape index (κ1) is 11.9. The minimum atomic E-state index is -3.90. The molecular weight excluding hydrogens is 175 g/mol. The van der Waals surface area contributed by atoms with E-state index < -0.39 is 13.3 Å². The van der Waals surface area contributed by atoms with Crippen LogP contribution in [0.2, 0.25) is 0 Å². The van der Waals surface area contributed by atoms with Crippen molar-refractivity contribution in [2.45, 2.75) is 38.8 Å². The van der Waals surface area contributed by atoms with Crippen LogP contribution in [-0.4, -0.2) is 15.4 Å². The van der Waals surface area contributed by atoms with Gasteiger partial charge in [-0.05, 0) is 12.8 Å². The predicted octanol–water partition coefficient (Wildman–Crippen LogP) is 2.30. The number of hydrogen-bond acceptors (Lipinski definition) is 1. The summed E-state index contributed by atoms with van der Waals surface area (Å²) in [6.07, 6.45) is 5.85. The van der Waals surface area contributed by atoms with Crippen LogP contribution in [0.3, 0.4) is 0 Å². The molecule has 2 N–H and O–H groups in total. The summed E-state index contributed by atoms with van der Waals surface area (Å²) in [4.78, 5) is 17.7. The second-order valence-electron chi connectivity index (χ2n) is 2.78. The summed E-state index contributed by atoms with van der Waals surface area (Å²) >= 11 is 0. The molecule has 1 atom stereocenters. The summed E-state index contributed by atoms with van der Waals surface area (Å²) in [5.41, 5.74) is -0.593. The quantitative estimate of drug-likeness (QED) is 0.519. The highest BCUT2D eigenvalue weighted by Gasteiger charge is 2.23. The average Bonchev–Trinajstić information content (AvgIpc) is 1.95. The largest absolute Gasteiger partial charge is 0.332 e. The van der Waals surface area contributed by atoms with Gasteiger partial charge >= 0.3 is 7.60 Å². The molecule has 3 nitrogen and oxygen atoms in total. The lowest BCUT2D eigenvalue weighted by Crippen LogP contribution is -2.02. The van der Waals surface area contributed by atoms with Gasteiger partial charge in [-0.1, -0.05) is 32.4 Å². The highest BCUT2D eigenvalue weighted by molar-refractivity contribution is 7.52. The molecule has 12 heavy (non-hydrogen) atoms. The van der Waals surface area contributed by atoms with Crippen LogP contribution < -0.4 is 0 Å². The minimum absolute atomic E-state index is 0.491. The molecule has 4 heteroatoms. The van der Waals surface area contributed by atoms with Crippen LogP contribution in [0.25, 0.3) is 0 Å². The maximum Gasteiger partial charge on any atom is 0.332 e. The Morgan fingerprint density at radius 3 is 2.33 bits per heavy atom. The van der Waals surface area contributed by atoms with Gasteiger partial charge in [0.2, 0.25) is 0 Å². The molecule has 0 heterocycles. The molecule has 0 aromatic rings. The van der Waals surface area contributed by atoms with Crippen molar-refractivity contribution in [3.05, 3.63) is 12.2 Å². The van der Waals surface area contributed by atoms with Crippen LogP contribution >= 0.6 is 7.60 Å². The van der Waals surface area contributed by atoms with E-state index in [0.717, 1.165) is 12.8 Å². The van der Waals surface area contributed by atoms with Crippen LogP contribution in [-0.2, 0) is 4.57 Å². The Bertz CT molecular complexity index is 183. The monoisotopic (exact) mass is 192 g/mol. The van der Waals surface area contributed by atoms with Gasteiger partial charge in [0.25, 0.3) is 0 Å². The number of rotatable bonds is 5. The van der Waals surface area contributed by atoms with Crippen molar-refractivity contribution in [1.29, 1.82) is 0 Å². The SMILES string of the molecule is CCCC=CC(CC)P(=O)(O)O. The van der Waals surface area contributed by atoms with E-state index in [-0.39, 0.29) is 0 Å². The third kappa shape index (κ3) is 4.70. The molecule has 0 aliphatic rings. The topological polar surface area (TPSA) is 57.5 Å². The minimum Gasteiger partial charge on any atom is -0.324 e. The first-order valence-electron chi connectivity index (χ1n) is 4.24. The van der Waals surface area contributed by atoms with Gasteiger partial charge in [-0.2, -0.15) is 0 Å². The Balaban J connectivity index is 4.09. The molecule has 0 radical (unpaired) electrons. The summed E-state index contributed by atoms with van der Waals surface area (Å²) in [6.45, 7) is 3.81. The zero-order valence-corrected chi connectivity index (χ0v) is 8.50. The van der Waals surface area contributed by atoms with Crippen LogP contribution in [0, 0.1) is 0 Å². The van der Waals surface area contributed by atoms with Crippen molar-refractivity contribution in [2.24, 2.45) is 0 Å². The molecular formula is C8H17O3P. The Morgan fingerprint density at radius 1 is 1.42 bits per heavy atom. The number of allylic oxidation sites excluding steroid dienone is 2. The van der Waals surface area contributed by atoms with Gasteiger partial charge in [0, 0.05) is 0 Å². The van der Waals surface area contributed by atoms with Crippen LogP contribution in [0.1, 0.15) is 33.1 Å². The smallest absolute Gasteiger partial charge is 0.324 e. The lowest BCUT2D eigenvalue weighted by atomic mass is 10.2. The van der Waals surface area contributed by atoms with Crippen molar-refractivity contribution in [2.75, 3.05) is 0 Å².